The molecule has 0 heterocycles. The molecule has 3 aromatic rings. The third kappa shape index (κ3) is 14.5. The number of ether oxygens (including phenoxy) is 6. The van der Waals surface area contributed by atoms with E-state index >= 15 is 0 Å². The van der Waals surface area contributed by atoms with Crippen molar-refractivity contribution in [3.63, 3.8) is 0 Å². The summed E-state index contributed by atoms with van der Waals surface area (Å²) in [7, 11) is 0. The van der Waals surface area contributed by atoms with Gasteiger partial charge in [0.1, 0.15) is 55.4 Å². The molecule has 0 spiro atoms. The molecule has 3 aromatic carbocycles. The molecular formula is C36H44O15. The fourth-order valence-electron chi connectivity index (χ4n) is 4.37. The number of esters is 3. The molecule has 0 aromatic heterocycles. The summed E-state index contributed by atoms with van der Waals surface area (Å²) < 4.78 is 32.6. The standard InChI is InChI=1S/C36H44O15/c1-2-36(21-46-15-30(40)18-49-33(43)24-3-9-27(37)10-4-24,22-47-16-31(41)19-50-34(44)25-5-11-28(38)12-6-25)23-48-17-32(42)20-51-35(45)26-7-13-29(39)14-8-26/h3-14,30-32,37-42H,2,15-23H2,1H3. The number of carbonyl (C=O) groups excluding carboxylic acids is 3. The Morgan fingerprint density at radius 1 is 0.490 bits per heavy atom. The molecular weight excluding hydrogens is 672 g/mol. The van der Waals surface area contributed by atoms with Gasteiger partial charge in [0.05, 0.1) is 56.3 Å². The predicted molar refractivity (Wildman–Crippen MR) is 178 cm³/mol. The lowest BCUT2D eigenvalue weighted by molar-refractivity contribution is -0.108. The van der Waals surface area contributed by atoms with E-state index in [0.29, 0.717) is 6.42 Å². The Morgan fingerprint density at radius 2 is 0.745 bits per heavy atom. The van der Waals surface area contributed by atoms with E-state index in [4.69, 9.17) is 28.4 Å². The highest BCUT2D eigenvalue weighted by Gasteiger charge is 2.31. The molecule has 0 saturated carbocycles. The van der Waals surface area contributed by atoms with Gasteiger partial charge in [-0.2, -0.15) is 0 Å². The second kappa shape index (κ2) is 20.8. The van der Waals surface area contributed by atoms with Crippen LogP contribution in [0.1, 0.15) is 44.4 Å². The van der Waals surface area contributed by atoms with E-state index in [9.17, 15) is 45.0 Å². The van der Waals surface area contributed by atoms with Gasteiger partial charge in [-0.25, -0.2) is 14.4 Å². The van der Waals surface area contributed by atoms with Gasteiger partial charge in [-0.1, -0.05) is 6.92 Å². The number of carbonyl (C=O) groups is 3. The van der Waals surface area contributed by atoms with Gasteiger partial charge in [0, 0.05) is 5.41 Å². The third-order valence-electron chi connectivity index (χ3n) is 7.43. The normalized spacial score (nSPS) is 14.1. The van der Waals surface area contributed by atoms with Crippen LogP contribution in [0.25, 0.3) is 0 Å². The molecule has 3 atom stereocenters. The first-order chi connectivity index (χ1) is 24.4. The molecule has 51 heavy (non-hydrogen) atoms. The van der Waals surface area contributed by atoms with Crippen molar-refractivity contribution in [3.05, 3.63) is 89.5 Å². The minimum absolute atomic E-state index is 0.0144. The second-order valence-electron chi connectivity index (χ2n) is 11.8. The van der Waals surface area contributed by atoms with Crippen LogP contribution in [0.4, 0.5) is 0 Å². The zero-order valence-electron chi connectivity index (χ0n) is 28.1. The number of hydrogen-bond donors (Lipinski definition) is 6. The van der Waals surface area contributed by atoms with Crippen LogP contribution in [-0.4, -0.2) is 126 Å². The molecule has 0 fully saturated rings. The molecule has 0 bridgehead atoms. The molecule has 0 aliphatic heterocycles. The quantitative estimate of drug-likeness (QED) is 0.0647. The summed E-state index contributed by atoms with van der Waals surface area (Å²) in [6.07, 6.45) is -3.13. The number of phenols is 3. The van der Waals surface area contributed by atoms with Crippen LogP contribution in [-0.2, 0) is 28.4 Å². The number of aliphatic hydroxyl groups excluding tert-OH is 3. The molecule has 3 rings (SSSR count). The number of phenolic OH excluding ortho intramolecular Hbond substituents is 3. The van der Waals surface area contributed by atoms with Crippen molar-refractivity contribution >= 4 is 17.9 Å². The Kier molecular flexibility index (Phi) is 16.6. The summed E-state index contributed by atoms with van der Waals surface area (Å²) in [5, 5.41) is 59.3. The minimum Gasteiger partial charge on any atom is -0.508 e. The van der Waals surface area contributed by atoms with Crippen LogP contribution in [0.5, 0.6) is 17.2 Å². The highest BCUT2D eigenvalue weighted by atomic mass is 16.6. The van der Waals surface area contributed by atoms with E-state index in [1.54, 1.807) is 0 Å². The third-order valence-corrected chi connectivity index (χ3v) is 7.43. The summed E-state index contributed by atoms with van der Waals surface area (Å²) in [5.41, 5.74) is -0.299. The van der Waals surface area contributed by atoms with Crippen LogP contribution in [0, 0.1) is 5.41 Å². The summed E-state index contributed by atoms with van der Waals surface area (Å²) in [6.45, 7) is -0.0125. The fourth-order valence-corrected chi connectivity index (χ4v) is 4.37. The number of rotatable bonds is 22. The van der Waals surface area contributed by atoms with Crippen LogP contribution in [0.3, 0.4) is 0 Å². The van der Waals surface area contributed by atoms with Crippen LogP contribution in [0.15, 0.2) is 72.8 Å². The van der Waals surface area contributed by atoms with Gasteiger partial charge >= 0.3 is 17.9 Å². The van der Waals surface area contributed by atoms with E-state index < -0.39 is 41.6 Å². The summed E-state index contributed by atoms with van der Waals surface area (Å²) in [5.74, 6) is -2.13. The zero-order chi connectivity index (χ0) is 37.2. The van der Waals surface area contributed by atoms with Gasteiger partial charge in [-0.05, 0) is 79.2 Å². The van der Waals surface area contributed by atoms with Crippen LogP contribution < -0.4 is 0 Å². The first kappa shape index (κ1) is 40.7. The van der Waals surface area contributed by atoms with E-state index in [1.807, 2.05) is 6.92 Å². The van der Waals surface area contributed by atoms with Crippen molar-refractivity contribution in [2.24, 2.45) is 5.41 Å². The minimum atomic E-state index is -1.18. The molecule has 0 aliphatic rings. The SMILES string of the molecule is CCC(COCC(O)COC(=O)c1ccc(O)cc1)(COCC(O)COC(=O)c1ccc(O)cc1)COCC(O)COC(=O)c1ccc(O)cc1. The molecule has 0 aliphatic carbocycles. The Balaban J connectivity index is 1.50. The average molecular weight is 717 g/mol. The number of hydrogen-bond acceptors (Lipinski definition) is 15. The van der Waals surface area contributed by atoms with Crippen LogP contribution >= 0.6 is 0 Å². The van der Waals surface area contributed by atoms with Crippen molar-refractivity contribution in [1.82, 2.24) is 0 Å². The van der Waals surface area contributed by atoms with Crippen molar-refractivity contribution in [1.29, 1.82) is 0 Å². The molecule has 0 saturated heterocycles. The lowest BCUT2D eigenvalue weighted by atomic mass is 9.88. The predicted octanol–water partition coefficient (Wildman–Crippen LogP) is 2.20. The van der Waals surface area contributed by atoms with Crippen molar-refractivity contribution < 1.29 is 73.4 Å². The molecule has 0 radical (unpaired) electrons. The van der Waals surface area contributed by atoms with Gasteiger partial charge in [0.15, 0.2) is 0 Å². The second-order valence-corrected chi connectivity index (χ2v) is 11.8. The highest BCUT2D eigenvalue weighted by Crippen LogP contribution is 2.25. The van der Waals surface area contributed by atoms with Gasteiger partial charge in [-0.3, -0.25) is 0 Å². The number of aliphatic hydroxyl groups is 3. The van der Waals surface area contributed by atoms with Crippen molar-refractivity contribution in [3.8, 4) is 17.2 Å². The van der Waals surface area contributed by atoms with Gasteiger partial charge in [0.25, 0.3) is 0 Å². The fraction of sp³-hybridized carbons (Fsp3) is 0.417. The Hall–Kier alpha value is -4.77. The molecule has 3 unspecified atom stereocenters. The molecule has 0 amide bonds. The summed E-state index contributed by atoms with van der Waals surface area (Å²) in [4.78, 5) is 36.7. The maximum absolute atomic E-state index is 12.2. The van der Waals surface area contributed by atoms with Crippen molar-refractivity contribution in [2.75, 3.05) is 59.5 Å². The largest absolute Gasteiger partial charge is 0.508 e. The number of aromatic hydroxyl groups is 3. The smallest absolute Gasteiger partial charge is 0.338 e. The van der Waals surface area contributed by atoms with E-state index in [2.05, 4.69) is 0 Å². The molecule has 6 N–H and O–H groups in total. The van der Waals surface area contributed by atoms with Gasteiger partial charge in [0.2, 0.25) is 0 Å². The van der Waals surface area contributed by atoms with E-state index in [0.717, 1.165) is 0 Å². The summed E-state index contributed by atoms with van der Waals surface area (Å²) in [6, 6.07) is 16.3. The zero-order valence-corrected chi connectivity index (χ0v) is 28.1. The van der Waals surface area contributed by atoms with Gasteiger partial charge in [-0.15, -0.1) is 0 Å². The molecule has 15 heteroatoms. The monoisotopic (exact) mass is 716 g/mol. The number of benzene rings is 3. The maximum Gasteiger partial charge on any atom is 0.338 e. The lowest BCUT2D eigenvalue weighted by Crippen LogP contribution is -2.40. The lowest BCUT2D eigenvalue weighted by Gasteiger charge is -2.33. The Morgan fingerprint density at radius 3 is 0.980 bits per heavy atom. The average Bonchev–Trinajstić information content (AvgIpc) is 3.12. The maximum atomic E-state index is 12.2. The molecule has 278 valence electrons. The highest BCUT2D eigenvalue weighted by molar-refractivity contribution is 5.90. The topological polar surface area (TPSA) is 228 Å². The van der Waals surface area contributed by atoms with E-state index in [-0.39, 0.29) is 93.4 Å². The Labute approximate surface area is 294 Å². The summed E-state index contributed by atoms with van der Waals surface area (Å²) >= 11 is 0. The van der Waals surface area contributed by atoms with Crippen molar-refractivity contribution in [2.45, 2.75) is 31.7 Å². The van der Waals surface area contributed by atoms with E-state index in [1.165, 1.54) is 72.8 Å². The molecule has 15 nitrogen and oxygen atoms in total. The van der Waals surface area contributed by atoms with Gasteiger partial charge < -0.3 is 59.1 Å². The first-order valence-corrected chi connectivity index (χ1v) is 16.1. The Bertz CT molecular complexity index is 1320. The van der Waals surface area contributed by atoms with Crippen LogP contribution in [0.2, 0.25) is 0 Å². The first-order valence-electron chi connectivity index (χ1n) is 16.1.